The van der Waals surface area contributed by atoms with Gasteiger partial charge < -0.3 is 101 Å². The predicted molar refractivity (Wildman–Crippen MR) is 438 cm³/mol. The Kier molecular flexibility index (Phi) is 42.5. The van der Waals surface area contributed by atoms with Crippen LogP contribution in [0, 0.1) is 11.3 Å². The number of rotatable bonds is 56. The average Bonchev–Trinajstić information content (AvgIpc) is 1.65. The lowest BCUT2D eigenvalue weighted by atomic mass is 10.0. The van der Waals surface area contributed by atoms with Crippen molar-refractivity contribution in [3.05, 3.63) is 132 Å². The third kappa shape index (κ3) is 36.7. The summed E-state index contributed by atoms with van der Waals surface area (Å²) in [6.45, 7) is 5.39. The van der Waals surface area contributed by atoms with E-state index in [0.29, 0.717) is 46.0 Å². The lowest BCUT2D eigenvalue weighted by Crippen LogP contribution is -2.61. The monoisotopic (exact) mass is 1610 g/mol. The first kappa shape index (κ1) is 95.0. The van der Waals surface area contributed by atoms with Crippen LogP contribution in [0.15, 0.2) is 109 Å². The molecule has 9 atom stereocenters. The molecular weight excluding hydrogens is 1490 g/mol. The summed E-state index contributed by atoms with van der Waals surface area (Å²) in [7, 11) is 0. The number of aromatic hydroxyl groups is 2. The summed E-state index contributed by atoms with van der Waals surface area (Å²) in [4.78, 5) is 183. The van der Waals surface area contributed by atoms with Gasteiger partial charge in [0.1, 0.15) is 65.9 Å². The molecule has 4 aromatic carbocycles. The maximum absolute atomic E-state index is 15.0. The zero-order valence-electron chi connectivity index (χ0n) is 67.1. The molecule has 1 aromatic heterocycles. The molecule has 0 fully saturated rings. The van der Waals surface area contributed by atoms with E-state index in [4.69, 9.17) is 22.6 Å². The van der Waals surface area contributed by atoms with Gasteiger partial charge >= 0.3 is 0 Å². The van der Waals surface area contributed by atoms with Gasteiger partial charge in [-0.3, -0.25) is 67.7 Å². The highest BCUT2D eigenvalue weighted by Crippen LogP contribution is 2.22. The Morgan fingerprint density at radius 3 is 1.40 bits per heavy atom. The summed E-state index contributed by atoms with van der Waals surface area (Å²) in [5, 5.41) is 69.9. The molecule has 116 heavy (non-hydrogen) atoms. The number of nitrogens with two attached hydrogens (primary N) is 3. The molecule has 5 aromatic rings. The topological polar surface area (TPSA) is 545 Å². The number of primary amides is 2. The molecule has 5 rings (SSSR count). The van der Waals surface area contributed by atoms with Gasteiger partial charge in [0.25, 0.3) is 0 Å². The Morgan fingerprint density at radius 2 is 0.862 bits per heavy atom. The molecule has 0 saturated heterocycles. The van der Waals surface area contributed by atoms with E-state index < -0.39 is 145 Å². The summed E-state index contributed by atoms with van der Waals surface area (Å²) < 4.78 is 0. The third-order valence-corrected chi connectivity index (χ3v) is 19.4. The SMILES string of the molecule is CCCCCCCCCCCCCCCC(=O)NCCCC[C@H](NC(=O)[C@H](Cc1ccc(O)cc1)NC(C)=O)C(=O)N[C@@H](Cc1c[nH]c2ccccc12)C(=O)N[C@@H](CC(N)=O)C(=O)N[C@@H](CO)C(=O)N[C@@H](Cc1ccccc1)C(=O)NCC(=O)N[C@@H](CC(C)C)C(=O)N[C@@H](CCCNC(=N)N)C(=O)N[C@@H](Cc1ccc(O)cc1)C(N)=O. The van der Waals surface area contributed by atoms with Crippen molar-refractivity contribution in [1.82, 2.24) is 68.8 Å². The number of guanidine groups is 1. The normalized spacial score (nSPS) is 13.4. The second-order valence-electron chi connectivity index (χ2n) is 29.7. The van der Waals surface area contributed by atoms with Crippen molar-refractivity contribution < 1.29 is 77.6 Å². The number of hydrogen-bond acceptors (Lipinski definition) is 17. The van der Waals surface area contributed by atoms with E-state index >= 15 is 0 Å². The Hall–Kier alpha value is -11.6. The molecule has 634 valence electrons. The Morgan fingerprint density at radius 1 is 0.422 bits per heavy atom. The number of hydrogen-bond donors (Lipinski definition) is 20. The van der Waals surface area contributed by atoms with Crippen LogP contribution in [0.4, 0.5) is 0 Å². The fraction of sp³-hybridized carbons (Fsp3) is 0.518. The van der Waals surface area contributed by atoms with Crippen LogP contribution in [0.25, 0.3) is 10.9 Å². The highest BCUT2D eigenvalue weighted by molar-refractivity contribution is 6.00. The third-order valence-electron chi connectivity index (χ3n) is 19.4. The smallest absolute Gasteiger partial charge is 0.245 e. The van der Waals surface area contributed by atoms with Gasteiger partial charge in [-0.15, -0.1) is 0 Å². The summed E-state index contributed by atoms with van der Waals surface area (Å²) in [6.07, 6.45) is 16.3. The molecule has 0 saturated carbocycles. The minimum Gasteiger partial charge on any atom is -0.508 e. The molecule has 23 N–H and O–H groups in total. The van der Waals surface area contributed by atoms with Gasteiger partial charge in [-0.2, -0.15) is 0 Å². The van der Waals surface area contributed by atoms with Crippen LogP contribution in [0.1, 0.15) is 185 Å². The summed E-state index contributed by atoms with van der Waals surface area (Å²) >= 11 is 0. The minimum atomic E-state index is -1.91. The van der Waals surface area contributed by atoms with E-state index in [2.05, 4.69) is 75.7 Å². The number of aliphatic hydroxyl groups is 1. The first-order chi connectivity index (χ1) is 55.5. The fourth-order valence-corrected chi connectivity index (χ4v) is 13.1. The van der Waals surface area contributed by atoms with Gasteiger partial charge in [0.15, 0.2) is 5.96 Å². The van der Waals surface area contributed by atoms with Crippen LogP contribution in [-0.4, -0.2) is 184 Å². The molecule has 1 heterocycles. The number of benzene rings is 4. The molecule has 0 radical (unpaired) electrons. The lowest BCUT2D eigenvalue weighted by Gasteiger charge is -2.27. The Bertz CT molecular complexity index is 3990. The van der Waals surface area contributed by atoms with E-state index in [1.54, 1.807) is 86.8 Å². The number of nitrogens with one attached hydrogen (secondary N) is 14. The average molecular weight is 1610 g/mol. The predicted octanol–water partition coefficient (Wildman–Crippen LogP) is 2.78. The summed E-state index contributed by atoms with van der Waals surface area (Å²) in [6, 6.07) is 13.6. The van der Waals surface area contributed by atoms with Gasteiger partial charge in [0.2, 0.25) is 76.8 Å². The van der Waals surface area contributed by atoms with Gasteiger partial charge in [-0.1, -0.05) is 171 Å². The zero-order valence-corrected chi connectivity index (χ0v) is 67.1. The zero-order chi connectivity index (χ0) is 84.9. The van der Waals surface area contributed by atoms with Crippen molar-refractivity contribution in [3.8, 4) is 11.5 Å². The molecular formula is C83H121N17O16. The molecule has 13 amide bonds. The fourth-order valence-electron chi connectivity index (χ4n) is 13.1. The molecule has 33 heteroatoms. The number of phenols is 2. The van der Waals surface area contributed by atoms with E-state index in [0.717, 1.165) is 25.7 Å². The van der Waals surface area contributed by atoms with Crippen molar-refractivity contribution in [1.29, 1.82) is 5.41 Å². The number of aliphatic hydroxyl groups excluding tert-OH is 1. The van der Waals surface area contributed by atoms with E-state index in [-0.39, 0.29) is 100 Å². The molecule has 0 aliphatic carbocycles. The highest BCUT2D eigenvalue weighted by atomic mass is 16.3. The second-order valence-corrected chi connectivity index (χ2v) is 29.7. The lowest BCUT2D eigenvalue weighted by molar-refractivity contribution is -0.136. The van der Waals surface area contributed by atoms with Crippen LogP contribution in [0.2, 0.25) is 0 Å². The molecule has 0 bridgehead atoms. The van der Waals surface area contributed by atoms with Crippen molar-refractivity contribution in [3.63, 3.8) is 0 Å². The number of aromatic nitrogens is 1. The standard InChI is InChI=1S/C83H121N17O16/c1-5-6-7-8-9-10-11-12-13-14-15-16-20-32-72(106)88-41-24-23-30-62(94-79(113)67(92-53(4)102)46-56-35-39-59(104)40-36-56)77(111)98-68(47-57-49-90-61-29-22-21-28-60(57)61)80(114)99-69(48-71(84)105)81(115)100-70(51-101)82(116)97-66(45-54-26-18-17-19-27-54)75(109)91-50-73(107)93-65(43-52(2)3)78(112)95-63(31-25-42-89-83(86)87)76(110)96-64(74(85)108)44-55-33-37-58(103)38-34-55/h17-19,21-22,26-29,33-40,49,52,62-70,90,101,103-104H,5-16,20,23-25,30-32,41-48,50-51H2,1-4H3,(H2,84,105)(H2,85,108)(H,88,106)(H,91,109)(H,92,102)(H,93,107)(H,94,113)(H,95,112)(H,96,110)(H,97,116)(H,98,111)(H,99,114)(H,100,115)(H4,86,87,89)/t62-,63-,64-,65-,66-,67-,68-,69-,70-/m0/s1. The largest absolute Gasteiger partial charge is 0.508 e. The molecule has 0 unspecified atom stereocenters. The van der Waals surface area contributed by atoms with Gasteiger partial charge in [-0.05, 0) is 103 Å². The van der Waals surface area contributed by atoms with Crippen LogP contribution in [0.5, 0.6) is 11.5 Å². The Labute approximate surface area is 677 Å². The van der Waals surface area contributed by atoms with Crippen LogP contribution >= 0.6 is 0 Å². The number of para-hydroxylation sites is 1. The van der Waals surface area contributed by atoms with Crippen LogP contribution in [-0.2, 0) is 88.0 Å². The highest BCUT2D eigenvalue weighted by Gasteiger charge is 2.36. The molecule has 0 spiro atoms. The number of phenolic OH excluding ortho intramolecular Hbond substituents is 2. The molecule has 0 aliphatic heterocycles. The van der Waals surface area contributed by atoms with Gasteiger partial charge in [-0.25, -0.2) is 0 Å². The summed E-state index contributed by atoms with van der Waals surface area (Å²) in [5.41, 5.74) is 19.6. The number of unbranched alkanes of at least 4 members (excludes halogenated alkanes) is 13. The number of fused-ring (bicyclic) bond motifs is 1. The van der Waals surface area contributed by atoms with Gasteiger partial charge in [0, 0.05) is 69.2 Å². The Balaban J connectivity index is 1.31. The van der Waals surface area contributed by atoms with Crippen molar-refractivity contribution in [2.24, 2.45) is 23.1 Å². The maximum Gasteiger partial charge on any atom is 0.245 e. The number of carbonyl (C=O) groups is 13. The van der Waals surface area contributed by atoms with Crippen molar-refractivity contribution >= 4 is 93.7 Å². The number of aromatic amines is 1. The van der Waals surface area contributed by atoms with E-state index in [9.17, 15) is 77.6 Å². The van der Waals surface area contributed by atoms with E-state index in [1.807, 2.05) is 0 Å². The number of H-pyrrole nitrogens is 1. The summed E-state index contributed by atoms with van der Waals surface area (Å²) in [5.74, 6) is -12.0. The number of amides is 13. The van der Waals surface area contributed by atoms with Gasteiger partial charge in [0.05, 0.1) is 19.6 Å². The second kappa shape index (κ2) is 52.0. The number of carbonyl (C=O) groups excluding carboxylic acids is 13. The minimum absolute atomic E-state index is 0.0176. The maximum atomic E-state index is 15.0. The quantitative estimate of drug-likeness (QED) is 0.0151. The van der Waals surface area contributed by atoms with Crippen molar-refractivity contribution in [2.75, 3.05) is 26.2 Å². The van der Waals surface area contributed by atoms with E-state index in [1.165, 1.54) is 101 Å². The van der Waals surface area contributed by atoms with Crippen molar-refractivity contribution in [2.45, 2.75) is 243 Å². The first-order valence-corrected chi connectivity index (χ1v) is 40.2. The van der Waals surface area contributed by atoms with Crippen LogP contribution < -0.4 is 81.0 Å². The van der Waals surface area contributed by atoms with Crippen LogP contribution in [0.3, 0.4) is 0 Å². The first-order valence-electron chi connectivity index (χ1n) is 40.2. The molecule has 33 nitrogen and oxygen atoms in total. The molecule has 0 aliphatic rings.